The lowest BCUT2D eigenvalue weighted by atomic mass is 10.0. The minimum atomic E-state index is -0.361. The summed E-state index contributed by atoms with van der Waals surface area (Å²) in [5.74, 6) is 1.43. The third-order valence-electron chi connectivity index (χ3n) is 5.64. The Hall–Kier alpha value is -2.18. The summed E-state index contributed by atoms with van der Waals surface area (Å²) in [5.41, 5.74) is 2.67. The van der Waals surface area contributed by atoms with E-state index in [1.165, 1.54) is 11.3 Å². The monoisotopic (exact) mass is 352 g/mol. The van der Waals surface area contributed by atoms with Gasteiger partial charge in [0.2, 0.25) is 5.95 Å². The van der Waals surface area contributed by atoms with Gasteiger partial charge in [-0.2, -0.15) is 4.98 Å². The first-order chi connectivity index (χ1) is 12.8. The average Bonchev–Trinajstić information content (AvgIpc) is 3.16. The van der Waals surface area contributed by atoms with E-state index in [1.807, 2.05) is 12.3 Å². The highest BCUT2D eigenvalue weighted by Crippen LogP contribution is 2.34. The molecule has 0 N–H and O–H groups in total. The van der Waals surface area contributed by atoms with Gasteiger partial charge in [0, 0.05) is 44.4 Å². The molecule has 26 heavy (non-hydrogen) atoms. The molecule has 0 unspecified atom stereocenters. The number of rotatable bonds is 2. The molecule has 1 aromatic carbocycles. The minimum Gasteiger partial charge on any atom is -0.347 e. The van der Waals surface area contributed by atoms with Crippen LogP contribution in [0.5, 0.6) is 0 Å². The number of fused-ring (bicyclic) bond motifs is 1. The zero-order valence-electron chi connectivity index (χ0n) is 14.9. The summed E-state index contributed by atoms with van der Waals surface area (Å²) < 4.78 is 11.7. The van der Waals surface area contributed by atoms with Crippen LogP contribution in [0.15, 0.2) is 36.5 Å². The summed E-state index contributed by atoms with van der Waals surface area (Å²) in [6.07, 6.45) is 5.90. The van der Waals surface area contributed by atoms with Crippen LogP contribution in [0.4, 0.5) is 17.5 Å². The second-order valence-corrected chi connectivity index (χ2v) is 7.19. The molecule has 3 aliphatic rings. The van der Waals surface area contributed by atoms with E-state index in [0.717, 1.165) is 57.1 Å². The molecule has 1 aromatic heterocycles. The minimum absolute atomic E-state index is 0.361. The van der Waals surface area contributed by atoms with Gasteiger partial charge in [-0.05, 0) is 30.5 Å². The standard InChI is InChI=1S/C20H24N4O2/c1-2-6-17-16(4-1)5-3-11-24(17)18-7-10-21-19(22-18)23-12-8-20(9-13-23)25-14-15-26-20/h1-2,4,6-7,10H,3,5,8-9,11-15H2. The highest BCUT2D eigenvalue weighted by Gasteiger charge is 2.40. The number of ether oxygens (including phenoxy) is 2. The number of piperidine rings is 1. The molecule has 5 rings (SSSR count). The average molecular weight is 352 g/mol. The summed E-state index contributed by atoms with van der Waals surface area (Å²) in [7, 11) is 0. The maximum Gasteiger partial charge on any atom is 0.227 e. The second kappa shape index (κ2) is 6.52. The Bertz CT molecular complexity index is 781. The van der Waals surface area contributed by atoms with Crippen LogP contribution in [0.1, 0.15) is 24.8 Å². The summed E-state index contributed by atoms with van der Waals surface area (Å²) in [6.45, 7) is 4.14. The van der Waals surface area contributed by atoms with Gasteiger partial charge in [0.25, 0.3) is 0 Å². The van der Waals surface area contributed by atoms with Crippen molar-refractivity contribution in [3.8, 4) is 0 Å². The van der Waals surface area contributed by atoms with Gasteiger partial charge in [0.05, 0.1) is 13.2 Å². The van der Waals surface area contributed by atoms with Crippen molar-refractivity contribution in [3.05, 3.63) is 42.1 Å². The van der Waals surface area contributed by atoms with Crippen molar-refractivity contribution in [1.82, 2.24) is 9.97 Å². The molecule has 6 heteroatoms. The second-order valence-electron chi connectivity index (χ2n) is 7.19. The Morgan fingerprint density at radius 1 is 0.962 bits per heavy atom. The number of hydrogen-bond acceptors (Lipinski definition) is 6. The van der Waals surface area contributed by atoms with Crippen LogP contribution in [0.3, 0.4) is 0 Å². The molecular formula is C20H24N4O2. The van der Waals surface area contributed by atoms with Crippen LogP contribution in [-0.2, 0) is 15.9 Å². The molecule has 2 fully saturated rings. The molecule has 0 radical (unpaired) electrons. The predicted molar refractivity (Wildman–Crippen MR) is 99.9 cm³/mol. The summed E-state index contributed by atoms with van der Waals surface area (Å²) in [5, 5.41) is 0. The van der Waals surface area contributed by atoms with Crippen LogP contribution in [-0.4, -0.2) is 48.6 Å². The Labute approximate surface area is 153 Å². The van der Waals surface area contributed by atoms with E-state index in [-0.39, 0.29) is 5.79 Å². The largest absolute Gasteiger partial charge is 0.347 e. The Morgan fingerprint density at radius 2 is 1.77 bits per heavy atom. The van der Waals surface area contributed by atoms with Crippen LogP contribution in [0.25, 0.3) is 0 Å². The highest BCUT2D eigenvalue weighted by molar-refractivity contribution is 5.65. The molecule has 0 amide bonds. The smallest absolute Gasteiger partial charge is 0.227 e. The first kappa shape index (κ1) is 16.0. The van der Waals surface area contributed by atoms with Gasteiger partial charge in [-0.1, -0.05) is 18.2 Å². The predicted octanol–water partition coefficient (Wildman–Crippen LogP) is 2.90. The van der Waals surface area contributed by atoms with Gasteiger partial charge in [0.1, 0.15) is 5.82 Å². The van der Waals surface area contributed by atoms with E-state index in [2.05, 4.69) is 39.0 Å². The first-order valence-electron chi connectivity index (χ1n) is 9.54. The van der Waals surface area contributed by atoms with E-state index in [0.29, 0.717) is 13.2 Å². The SMILES string of the molecule is c1ccc2c(c1)CCCN2c1ccnc(N2CCC3(CC2)OCCO3)n1. The maximum absolute atomic E-state index is 5.83. The molecule has 4 heterocycles. The lowest BCUT2D eigenvalue weighted by Gasteiger charge is -2.38. The van der Waals surface area contributed by atoms with E-state index >= 15 is 0 Å². The number of aromatic nitrogens is 2. The van der Waals surface area contributed by atoms with Crippen LogP contribution in [0, 0.1) is 0 Å². The zero-order valence-corrected chi connectivity index (χ0v) is 14.9. The quantitative estimate of drug-likeness (QED) is 0.828. The van der Waals surface area contributed by atoms with Gasteiger partial charge in [-0.15, -0.1) is 0 Å². The fraction of sp³-hybridized carbons (Fsp3) is 0.500. The molecule has 0 saturated carbocycles. The number of benzene rings is 1. The van der Waals surface area contributed by atoms with Gasteiger partial charge in [-0.3, -0.25) is 0 Å². The van der Waals surface area contributed by atoms with E-state index in [4.69, 9.17) is 14.5 Å². The van der Waals surface area contributed by atoms with Gasteiger partial charge >= 0.3 is 0 Å². The Morgan fingerprint density at radius 3 is 2.62 bits per heavy atom. The third-order valence-corrected chi connectivity index (χ3v) is 5.64. The van der Waals surface area contributed by atoms with Crippen molar-refractivity contribution in [1.29, 1.82) is 0 Å². The van der Waals surface area contributed by atoms with Crippen molar-refractivity contribution < 1.29 is 9.47 Å². The van der Waals surface area contributed by atoms with Gasteiger partial charge < -0.3 is 19.3 Å². The highest BCUT2D eigenvalue weighted by atomic mass is 16.7. The van der Waals surface area contributed by atoms with Crippen LogP contribution in [0.2, 0.25) is 0 Å². The van der Waals surface area contributed by atoms with Gasteiger partial charge in [0.15, 0.2) is 5.79 Å². The van der Waals surface area contributed by atoms with Crippen LogP contribution < -0.4 is 9.80 Å². The van der Waals surface area contributed by atoms with Crippen molar-refractivity contribution in [3.63, 3.8) is 0 Å². The zero-order chi connectivity index (χ0) is 17.4. The molecule has 6 nitrogen and oxygen atoms in total. The fourth-order valence-electron chi connectivity index (χ4n) is 4.25. The molecule has 2 saturated heterocycles. The van der Waals surface area contributed by atoms with Crippen molar-refractivity contribution >= 4 is 17.5 Å². The molecular weight excluding hydrogens is 328 g/mol. The Balaban J connectivity index is 1.37. The molecule has 0 atom stereocenters. The van der Waals surface area contributed by atoms with Crippen molar-refractivity contribution in [2.45, 2.75) is 31.5 Å². The number of hydrogen-bond donors (Lipinski definition) is 0. The number of nitrogens with zero attached hydrogens (tertiary/aromatic N) is 4. The van der Waals surface area contributed by atoms with E-state index in [9.17, 15) is 0 Å². The Kier molecular flexibility index (Phi) is 4.02. The molecule has 2 aromatic rings. The number of para-hydroxylation sites is 1. The topological polar surface area (TPSA) is 50.7 Å². The summed E-state index contributed by atoms with van der Waals surface area (Å²) in [4.78, 5) is 14.0. The van der Waals surface area contributed by atoms with E-state index < -0.39 is 0 Å². The maximum atomic E-state index is 5.83. The van der Waals surface area contributed by atoms with Crippen LogP contribution >= 0.6 is 0 Å². The normalized spacial score (nSPS) is 21.8. The summed E-state index contributed by atoms with van der Waals surface area (Å²) in [6, 6.07) is 10.6. The fourth-order valence-corrected chi connectivity index (χ4v) is 4.25. The first-order valence-corrected chi connectivity index (χ1v) is 9.54. The lowest BCUT2D eigenvalue weighted by molar-refractivity contribution is -0.169. The summed E-state index contributed by atoms with van der Waals surface area (Å²) >= 11 is 0. The van der Waals surface area contributed by atoms with Gasteiger partial charge in [-0.25, -0.2) is 4.98 Å². The molecule has 136 valence electrons. The van der Waals surface area contributed by atoms with E-state index in [1.54, 1.807) is 0 Å². The molecule has 0 bridgehead atoms. The third kappa shape index (κ3) is 2.83. The molecule has 0 aliphatic carbocycles. The molecule has 1 spiro atoms. The molecule has 3 aliphatic heterocycles. The lowest BCUT2D eigenvalue weighted by Crippen LogP contribution is -2.45. The van der Waals surface area contributed by atoms with Crippen molar-refractivity contribution in [2.75, 3.05) is 42.6 Å². The van der Waals surface area contributed by atoms with Crippen molar-refractivity contribution in [2.24, 2.45) is 0 Å². The number of aryl methyl sites for hydroxylation is 1. The number of anilines is 3.